The van der Waals surface area contributed by atoms with E-state index < -0.39 is 4.92 Å². The van der Waals surface area contributed by atoms with Crippen molar-refractivity contribution in [2.24, 2.45) is 0 Å². The van der Waals surface area contributed by atoms with E-state index in [1.54, 1.807) is 37.5 Å². The number of carbonyl (C=O) groups is 2. The van der Waals surface area contributed by atoms with Crippen LogP contribution in [-0.4, -0.2) is 53.3 Å². The van der Waals surface area contributed by atoms with E-state index in [1.165, 1.54) is 15.8 Å². The third-order valence-corrected chi connectivity index (χ3v) is 7.76. The van der Waals surface area contributed by atoms with Gasteiger partial charge in [-0.25, -0.2) is 0 Å². The van der Waals surface area contributed by atoms with Gasteiger partial charge in [0.05, 0.1) is 18.1 Å². The van der Waals surface area contributed by atoms with Gasteiger partial charge in [-0.2, -0.15) is 0 Å². The number of ether oxygens (including phenoxy) is 1. The van der Waals surface area contributed by atoms with Crippen LogP contribution in [0, 0.1) is 17.0 Å². The molecule has 4 rings (SSSR count). The third-order valence-electron chi connectivity index (χ3n) is 6.77. The summed E-state index contributed by atoms with van der Waals surface area (Å²) in [5, 5.41) is 13.5. The summed E-state index contributed by atoms with van der Waals surface area (Å²) in [6.07, 6.45) is 2.34. The maximum Gasteiger partial charge on any atom is 0.273 e. The first-order valence-electron chi connectivity index (χ1n) is 12.4. The first-order valence-corrected chi connectivity index (χ1v) is 13.3. The summed E-state index contributed by atoms with van der Waals surface area (Å²) in [6, 6.07) is 14.0. The first kappa shape index (κ1) is 26.3. The minimum absolute atomic E-state index is 0.0906. The number of rotatable bonds is 9. The zero-order valence-electron chi connectivity index (χ0n) is 21.3. The molecule has 0 saturated carbocycles. The van der Waals surface area contributed by atoms with Gasteiger partial charge in [-0.05, 0) is 60.5 Å². The van der Waals surface area contributed by atoms with Crippen LogP contribution in [0.1, 0.15) is 57.7 Å². The topological polar surface area (TPSA) is 93.0 Å². The Morgan fingerprint density at radius 3 is 2.62 bits per heavy atom. The lowest BCUT2D eigenvalue weighted by Gasteiger charge is -2.37. The molecule has 0 bridgehead atoms. The summed E-state index contributed by atoms with van der Waals surface area (Å²) < 4.78 is 5.31. The number of methoxy groups -OCH3 is 1. The van der Waals surface area contributed by atoms with Gasteiger partial charge in [0.25, 0.3) is 11.6 Å². The molecule has 1 unspecified atom stereocenters. The predicted octanol–water partition coefficient (Wildman–Crippen LogP) is 5.39. The van der Waals surface area contributed by atoms with Crippen LogP contribution in [0.5, 0.6) is 5.75 Å². The Morgan fingerprint density at radius 2 is 1.95 bits per heavy atom. The molecule has 1 aliphatic rings. The van der Waals surface area contributed by atoms with Crippen molar-refractivity contribution < 1.29 is 19.2 Å². The molecular formula is C28H31N3O5S. The van der Waals surface area contributed by atoms with Crippen LogP contribution in [0.2, 0.25) is 0 Å². The summed E-state index contributed by atoms with van der Waals surface area (Å²) in [6.45, 7) is 4.51. The van der Waals surface area contributed by atoms with Gasteiger partial charge in [-0.1, -0.05) is 31.5 Å². The van der Waals surface area contributed by atoms with Crippen LogP contribution >= 0.6 is 11.3 Å². The van der Waals surface area contributed by atoms with Crippen molar-refractivity contribution in [1.82, 2.24) is 9.80 Å². The number of nitro groups is 1. The number of carbonyl (C=O) groups excluding carboxylic acids is 2. The highest BCUT2D eigenvalue weighted by Gasteiger charge is 2.34. The molecule has 2 heterocycles. The second-order valence-electron chi connectivity index (χ2n) is 9.15. The number of hydrogen-bond acceptors (Lipinski definition) is 6. The molecule has 2 amide bonds. The number of aryl methyl sites for hydroxylation is 1. The van der Waals surface area contributed by atoms with Gasteiger partial charge in [0.15, 0.2) is 0 Å². The van der Waals surface area contributed by atoms with Gasteiger partial charge in [0, 0.05) is 35.2 Å². The number of thiophene rings is 1. The molecule has 9 heteroatoms. The van der Waals surface area contributed by atoms with Crippen molar-refractivity contribution in [3.05, 3.63) is 91.2 Å². The number of benzene rings is 2. The molecule has 37 heavy (non-hydrogen) atoms. The fraction of sp³-hybridized carbons (Fsp3) is 0.357. The van der Waals surface area contributed by atoms with Crippen LogP contribution < -0.4 is 4.74 Å². The summed E-state index contributed by atoms with van der Waals surface area (Å²) in [5.74, 6) is 0.217. The molecule has 0 fully saturated rings. The highest BCUT2D eigenvalue weighted by Crippen LogP contribution is 2.38. The number of fused-ring (bicyclic) bond motifs is 1. The smallest absolute Gasteiger partial charge is 0.273 e. The standard InChI is InChI=1S/C28H31N3O5S/c1-4-5-14-29(28(33)21-7-6-19(2)24(17-21)31(34)35)18-26(32)30-15-12-25-23(13-16-37-25)27(30)20-8-10-22(36-3)11-9-20/h6-11,13,16-17,27H,4-5,12,14-15,18H2,1-3H3. The Kier molecular flexibility index (Phi) is 8.23. The maximum absolute atomic E-state index is 13.8. The monoisotopic (exact) mass is 521 g/mol. The van der Waals surface area contributed by atoms with Crippen LogP contribution in [0.25, 0.3) is 0 Å². The van der Waals surface area contributed by atoms with Crippen LogP contribution in [-0.2, 0) is 11.2 Å². The van der Waals surface area contributed by atoms with Crippen LogP contribution in [0.3, 0.4) is 0 Å². The molecule has 2 aromatic carbocycles. The Hall–Kier alpha value is -3.72. The van der Waals surface area contributed by atoms with Crippen molar-refractivity contribution in [3.8, 4) is 5.75 Å². The summed E-state index contributed by atoms with van der Waals surface area (Å²) in [5.41, 5.74) is 2.68. The van der Waals surface area contributed by atoms with Crippen molar-refractivity contribution in [3.63, 3.8) is 0 Å². The fourth-order valence-electron chi connectivity index (χ4n) is 4.71. The van der Waals surface area contributed by atoms with Gasteiger partial charge in [-0.3, -0.25) is 19.7 Å². The van der Waals surface area contributed by atoms with E-state index in [0.717, 1.165) is 36.1 Å². The maximum atomic E-state index is 13.8. The van der Waals surface area contributed by atoms with Gasteiger partial charge in [-0.15, -0.1) is 11.3 Å². The van der Waals surface area contributed by atoms with E-state index in [9.17, 15) is 19.7 Å². The number of nitrogens with zero attached hydrogens (tertiary/aromatic N) is 3. The van der Waals surface area contributed by atoms with Crippen molar-refractivity contribution in [1.29, 1.82) is 0 Å². The zero-order chi connectivity index (χ0) is 26.5. The zero-order valence-corrected chi connectivity index (χ0v) is 22.1. The molecule has 0 aliphatic carbocycles. The number of amides is 2. The first-order chi connectivity index (χ1) is 17.8. The molecule has 3 aromatic rings. The molecule has 1 aromatic heterocycles. The molecule has 0 spiro atoms. The molecule has 0 N–H and O–H groups in total. The Balaban J connectivity index is 1.62. The largest absolute Gasteiger partial charge is 0.497 e. The molecule has 1 atom stereocenters. The normalized spacial score (nSPS) is 14.7. The molecule has 0 radical (unpaired) electrons. The van der Waals surface area contributed by atoms with Gasteiger partial charge in [0.1, 0.15) is 12.3 Å². The molecule has 8 nitrogen and oxygen atoms in total. The lowest BCUT2D eigenvalue weighted by molar-refractivity contribution is -0.385. The van der Waals surface area contributed by atoms with Crippen molar-refractivity contribution >= 4 is 28.8 Å². The molecular weight excluding hydrogens is 490 g/mol. The Morgan fingerprint density at radius 1 is 1.19 bits per heavy atom. The van der Waals surface area contributed by atoms with Crippen molar-refractivity contribution in [2.45, 2.75) is 39.2 Å². The number of nitro benzene ring substituents is 1. The molecule has 0 saturated heterocycles. The SMILES string of the molecule is CCCCN(CC(=O)N1CCc2sccc2C1c1ccc(OC)cc1)C(=O)c1ccc(C)c([N+](=O)[O-])c1. The highest BCUT2D eigenvalue weighted by atomic mass is 32.1. The van der Waals surface area contributed by atoms with E-state index in [0.29, 0.717) is 18.7 Å². The second kappa shape index (κ2) is 11.6. The lowest BCUT2D eigenvalue weighted by Crippen LogP contribution is -2.47. The minimum Gasteiger partial charge on any atom is -0.497 e. The van der Waals surface area contributed by atoms with Crippen LogP contribution in [0.15, 0.2) is 53.9 Å². The number of hydrogen-bond donors (Lipinski definition) is 0. The second-order valence-corrected chi connectivity index (χ2v) is 10.2. The quantitative estimate of drug-likeness (QED) is 0.278. The fourth-order valence-corrected chi connectivity index (χ4v) is 5.61. The summed E-state index contributed by atoms with van der Waals surface area (Å²) in [4.78, 5) is 42.8. The molecule has 194 valence electrons. The average Bonchev–Trinajstić information content (AvgIpc) is 3.39. The van der Waals surface area contributed by atoms with E-state index in [1.807, 2.05) is 36.1 Å². The van der Waals surface area contributed by atoms with E-state index in [-0.39, 0.29) is 35.7 Å². The third kappa shape index (κ3) is 5.67. The van der Waals surface area contributed by atoms with E-state index in [2.05, 4.69) is 11.4 Å². The summed E-state index contributed by atoms with van der Waals surface area (Å²) >= 11 is 1.69. The summed E-state index contributed by atoms with van der Waals surface area (Å²) in [7, 11) is 1.62. The molecule has 1 aliphatic heterocycles. The lowest BCUT2D eigenvalue weighted by atomic mass is 9.93. The van der Waals surface area contributed by atoms with E-state index >= 15 is 0 Å². The van der Waals surface area contributed by atoms with Crippen molar-refractivity contribution in [2.75, 3.05) is 26.7 Å². The average molecular weight is 522 g/mol. The Bertz CT molecular complexity index is 1290. The minimum atomic E-state index is -0.487. The predicted molar refractivity (Wildman–Crippen MR) is 143 cm³/mol. The van der Waals surface area contributed by atoms with Gasteiger partial charge >= 0.3 is 0 Å². The highest BCUT2D eigenvalue weighted by molar-refractivity contribution is 7.10. The number of unbranched alkanes of at least 4 members (excludes halogenated alkanes) is 1. The van der Waals surface area contributed by atoms with Gasteiger partial charge in [0.2, 0.25) is 5.91 Å². The van der Waals surface area contributed by atoms with Crippen LogP contribution in [0.4, 0.5) is 5.69 Å². The Labute approximate surface area is 220 Å². The van der Waals surface area contributed by atoms with E-state index in [4.69, 9.17) is 4.74 Å². The van der Waals surface area contributed by atoms with Gasteiger partial charge < -0.3 is 14.5 Å².